The van der Waals surface area contributed by atoms with Crippen molar-refractivity contribution in [3.8, 4) is 0 Å². The molecule has 0 bridgehead atoms. The Morgan fingerprint density at radius 1 is 1.11 bits per heavy atom. The van der Waals surface area contributed by atoms with Gasteiger partial charge in [0.2, 0.25) is 5.91 Å². The SMILES string of the molecule is CCOC(=O)N1CCC(NC(=O)CNC(=O)c2ccc(C(C)(C)C)cc2)CC1. The molecule has 28 heavy (non-hydrogen) atoms. The van der Waals surface area contributed by atoms with Gasteiger partial charge in [0.05, 0.1) is 13.2 Å². The summed E-state index contributed by atoms with van der Waals surface area (Å²) in [5.74, 6) is -0.498. The summed E-state index contributed by atoms with van der Waals surface area (Å²) in [6.07, 6.45) is 1.04. The van der Waals surface area contributed by atoms with E-state index < -0.39 is 0 Å². The standard InChI is InChI=1S/C21H31N3O4/c1-5-28-20(27)24-12-10-17(11-13-24)23-18(25)14-22-19(26)15-6-8-16(9-7-15)21(2,3)4/h6-9,17H,5,10-14H2,1-4H3,(H,22,26)(H,23,25). The molecule has 0 aliphatic carbocycles. The Hall–Kier alpha value is -2.57. The van der Waals surface area contributed by atoms with Crippen LogP contribution in [0.5, 0.6) is 0 Å². The molecule has 7 nitrogen and oxygen atoms in total. The van der Waals surface area contributed by atoms with Gasteiger partial charge in [-0.3, -0.25) is 9.59 Å². The highest BCUT2D eigenvalue weighted by Crippen LogP contribution is 2.22. The van der Waals surface area contributed by atoms with E-state index >= 15 is 0 Å². The number of hydrogen-bond donors (Lipinski definition) is 2. The maximum Gasteiger partial charge on any atom is 0.409 e. The lowest BCUT2D eigenvalue weighted by Gasteiger charge is -2.31. The molecule has 0 saturated carbocycles. The van der Waals surface area contributed by atoms with Crippen molar-refractivity contribution >= 4 is 17.9 Å². The first-order valence-electron chi connectivity index (χ1n) is 9.80. The summed E-state index contributed by atoms with van der Waals surface area (Å²) in [5.41, 5.74) is 1.71. The third-order valence-corrected chi connectivity index (χ3v) is 4.81. The van der Waals surface area contributed by atoms with Gasteiger partial charge in [-0.2, -0.15) is 0 Å². The molecule has 1 saturated heterocycles. The molecule has 1 aliphatic heterocycles. The van der Waals surface area contributed by atoms with Crippen molar-refractivity contribution in [2.24, 2.45) is 0 Å². The summed E-state index contributed by atoms with van der Waals surface area (Å²) >= 11 is 0. The van der Waals surface area contributed by atoms with Crippen LogP contribution in [0.25, 0.3) is 0 Å². The maximum atomic E-state index is 12.2. The van der Waals surface area contributed by atoms with Crippen molar-refractivity contribution in [1.29, 1.82) is 0 Å². The van der Waals surface area contributed by atoms with Crippen LogP contribution in [0, 0.1) is 0 Å². The van der Waals surface area contributed by atoms with E-state index in [1.165, 1.54) is 0 Å². The molecule has 1 aromatic rings. The first kappa shape index (κ1) is 21.7. The minimum atomic E-state index is -0.308. The summed E-state index contributed by atoms with van der Waals surface area (Å²) in [5, 5.41) is 5.57. The molecular formula is C21H31N3O4. The molecule has 0 unspecified atom stereocenters. The number of ether oxygens (including phenoxy) is 1. The van der Waals surface area contributed by atoms with E-state index in [2.05, 4.69) is 31.4 Å². The molecule has 2 N–H and O–H groups in total. The van der Waals surface area contributed by atoms with Crippen LogP contribution in [-0.4, -0.2) is 55.1 Å². The van der Waals surface area contributed by atoms with E-state index in [9.17, 15) is 14.4 Å². The fourth-order valence-electron chi connectivity index (χ4n) is 3.08. The third-order valence-electron chi connectivity index (χ3n) is 4.81. The molecule has 1 fully saturated rings. The van der Waals surface area contributed by atoms with E-state index in [-0.39, 0.29) is 35.9 Å². The van der Waals surface area contributed by atoms with Crippen molar-refractivity contribution < 1.29 is 19.1 Å². The quantitative estimate of drug-likeness (QED) is 0.810. The average molecular weight is 389 g/mol. The highest BCUT2D eigenvalue weighted by atomic mass is 16.6. The number of likely N-dealkylation sites (tertiary alicyclic amines) is 1. The molecule has 0 spiro atoms. The maximum absolute atomic E-state index is 12.2. The molecular weight excluding hydrogens is 358 g/mol. The molecule has 0 aromatic heterocycles. The molecule has 1 heterocycles. The lowest BCUT2D eigenvalue weighted by atomic mass is 9.87. The number of nitrogens with zero attached hydrogens (tertiary/aromatic N) is 1. The Morgan fingerprint density at radius 3 is 2.25 bits per heavy atom. The second-order valence-electron chi connectivity index (χ2n) is 8.04. The van der Waals surface area contributed by atoms with Crippen molar-refractivity contribution in [3.63, 3.8) is 0 Å². The normalized spacial score (nSPS) is 15.1. The Labute approximate surface area is 166 Å². The number of amides is 3. The van der Waals surface area contributed by atoms with Crippen molar-refractivity contribution in [2.75, 3.05) is 26.2 Å². The van der Waals surface area contributed by atoms with Crippen LogP contribution in [0.4, 0.5) is 4.79 Å². The first-order valence-corrected chi connectivity index (χ1v) is 9.80. The van der Waals surface area contributed by atoms with Gasteiger partial charge in [-0.1, -0.05) is 32.9 Å². The highest BCUT2D eigenvalue weighted by Gasteiger charge is 2.24. The lowest BCUT2D eigenvalue weighted by molar-refractivity contribution is -0.121. The van der Waals surface area contributed by atoms with E-state index in [4.69, 9.17) is 4.74 Å². The summed E-state index contributed by atoms with van der Waals surface area (Å²) < 4.78 is 4.98. The molecule has 2 rings (SSSR count). The van der Waals surface area contributed by atoms with Gasteiger partial charge in [-0.05, 0) is 42.9 Å². The van der Waals surface area contributed by atoms with Gasteiger partial charge in [-0.25, -0.2) is 4.79 Å². The fourth-order valence-corrected chi connectivity index (χ4v) is 3.08. The minimum Gasteiger partial charge on any atom is -0.450 e. The van der Waals surface area contributed by atoms with Crippen LogP contribution in [0.15, 0.2) is 24.3 Å². The Morgan fingerprint density at radius 2 is 1.71 bits per heavy atom. The topological polar surface area (TPSA) is 87.7 Å². The number of carbonyl (C=O) groups excluding carboxylic acids is 3. The largest absolute Gasteiger partial charge is 0.450 e. The predicted molar refractivity (Wildman–Crippen MR) is 107 cm³/mol. The smallest absolute Gasteiger partial charge is 0.409 e. The molecule has 154 valence electrons. The summed E-state index contributed by atoms with van der Waals surface area (Å²) in [6.45, 7) is 9.51. The highest BCUT2D eigenvalue weighted by molar-refractivity contribution is 5.96. The molecule has 1 aromatic carbocycles. The number of piperidine rings is 1. The van der Waals surface area contributed by atoms with E-state index in [1.54, 1.807) is 24.0 Å². The van der Waals surface area contributed by atoms with E-state index in [0.717, 1.165) is 5.56 Å². The van der Waals surface area contributed by atoms with Crippen LogP contribution in [-0.2, 0) is 14.9 Å². The van der Waals surface area contributed by atoms with Crippen LogP contribution in [0.2, 0.25) is 0 Å². The minimum absolute atomic E-state index is 0.00106. The van der Waals surface area contributed by atoms with Crippen LogP contribution in [0.3, 0.4) is 0 Å². The van der Waals surface area contributed by atoms with Gasteiger partial charge in [0.15, 0.2) is 0 Å². The van der Waals surface area contributed by atoms with Gasteiger partial charge >= 0.3 is 6.09 Å². The first-order chi connectivity index (χ1) is 13.2. The lowest BCUT2D eigenvalue weighted by Crippen LogP contribution is -2.48. The third kappa shape index (κ3) is 6.25. The van der Waals surface area contributed by atoms with E-state index in [1.807, 2.05) is 12.1 Å². The molecule has 0 atom stereocenters. The molecule has 1 aliphatic rings. The zero-order chi connectivity index (χ0) is 20.7. The summed E-state index contributed by atoms with van der Waals surface area (Å²) in [6, 6.07) is 7.43. The van der Waals surface area contributed by atoms with Crippen molar-refractivity contribution in [2.45, 2.75) is 52.0 Å². The van der Waals surface area contributed by atoms with Gasteiger partial charge in [0.25, 0.3) is 5.91 Å². The predicted octanol–water partition coefficient (Wildman–Crippen LogP) is 2.45. The van der Waals surface area contributed by atoms with Crippen molar-refractivity contribution in [3.05, 3.63) is 35.4 Å². The Bertz CT molecular complexity index is 687. The van der Waals surface area contributed by atoms with Gasteiger partial charge < -0.3 is 20.3 Å². The zero-order valence-corrected chi connectivity index (χ0v) is 17.2. The Balaban J connectivity index is 1.74. The van der Waals surface area contributed by atoms with Gasteiger partial charge in [-0.15, -0.1) is 0 Å². The zero-order valence-electron chi connectivity index (χ0n) is 17.2. The average Bonchev–Trinajstić information content (AvgIpc) is 2.66. The second kappa shape index (κ2) is 9.57. The molecule has 0 radical (unpaired) electrons. The van der Waals surface area contributed by atoms with E-state index in [0.29, 0.717) is 38.1 Å². The summed E-state index contributed by atoms with van der Waals surface area (Å²) in [7, 11) is 0. The molecule has 3 amide bonds. The number of rotatable bonds is 5. The fraction of sp³-hybridized carbons (Fsp3) is 0.571. The van der Waals surface area contributed by atoms with Gasteiger partial charge in [0.1, 0.15) is 0 Å². The number of nitrogens with one attached hydrogen (secondary N) is 2. The number of hydrogen-bond acceptors (Lipinski definition) is 4. The molecule has 7 heteroatoms. The van der Waals surface area contributed by atoms with Crippen LogP contribution in [0.1, 0.15) is 56.5 Å². The van der Waals surface area contributed by atoms with Crippen molar-refractivity contribution in [1.82, 2.24) is 15.5 Å². The van der Waals surface area contributed by atoms with Gasteiger partial charge in [0, 0.05) is 24.7 Å². The monoisotopic (exact) mass is 389 g/mol. The second-order valence-corrected chi connectivity index (χ2v) is 8.04. The Kier molecular flexibility index (Phi) is 7.43. The number of benzene rings is 1. The number of carbonyl (C=O) groups is 3. The van der Waals surface area contributed by atoms with Crippen LogP contribution < -0.4 is 10.6 Å². The summed E-state index contributed by atoms with van der Waals surface area (Å²) in [4.78, 5) is 37.7. The van der Waals surface area contributed by atoms with Crippen LogP contribution >= 0.6 is 0 Å².